The van der Waals surface area contributed by atoms with Crippen LogP contribution in [0.25, 0.3) is 0 Å². The number of halogens is 1. The van der Waals surface area contributed by atoms with Gasteiger partial charge in [-0.05, 0) is 30.9 Å². The molecule has 0 aliphatic heterocycles. The lowest BCUT2D eigenvalue weighted by Gasteiger charge is -2.14. The first-order chi connectivity index (χ1) is 9.54. The van der Waals surface area contributed by atoms with E-state index < -0.39 is 5.97 Å². The fraction of sp³-hybridized carbons (Fsp3) is 0.467. The smallest absolute Gasteiger partial charge is 0.303 e. The van der Waals surface area contributed by atoms with Crippen molar-refractivity contribution in [2.24, 2.45) is 5.92 Å². The van der Waals surface area contributed by atoms with Crippen LogP contribution in [0.4, 0.5) is 0 Å². The van der Waals surface area contributed by atoms with Crippen LogP contribution < -0.4 is 5.32 Å². The molecule has 1 rings (SSSR count). The molecule has 5 heteroatoms. The zero-order valence-electron chi connectivity index (χ0n) is 11.6. The summed E-state index contributed by atoms with van der Waals surface area (Å²) in [7, 11) is 0. The van der Waals surface area contributed by atoms with E-state index in [1.807, 2.05) is 6.92 Å². The fourth-order valence-electron chi connectivity index (χ4n) is 2.01. The van der Waals surface area contributed by atoms with Crippen molar-refractivity contribution in [1.82, 2.24) is 5.32 Å². The highest BCUT2D eigenvalue weighted by atomic mass is 35.5. The van der Waals surface area contributed by atoms with Crippen LogP contribution in [0, 0.1) is 5.92 Å². The van der Waals surface area contributed by atoms with Crippen molar-refractivity contribution >= 4 is 23.5 Å². The van der Waals surface area contributed by atoms with Gasteiger partial charge in [-0.1, -0.05) is 37.1 Å². The van der Waals surface area contributed by atoms with Gasteiger partial charge >= 0.3 is 5.97 Å². The van der Waals surface area contributed by atoms with Crippen LogP contribution in [0.1, 0.15) is 43.0 Å². The number of nitrogens with one attached hydrogen (secondary N) is 1. The molecule has 0 saturated heterocycles. The number of carbonyl (C=O) groups excluding carboxylic acids is 1. The van der Waals surface area contributed by atoms with Gasteiger partial charge in [0.25, 0.3) is 5.91 Å². The third kappa shape index (κ3) is 5.61. The van der Waals surface area contributed by atoms with Gasteiger partial charge in [-0.25, -0.2) is 0 Å². The van der Waals surface area contributed by atoms with E-state index >= 15 is 0 Å². The molecule has 0 aromatic heterocycles. The summed E-state index contributed by atoms with van der Waals surface area (Å²) in [5, 5.41) is 11.9. The molecule has 0 spiro atoms. The number of hydrogen-bond donors (Lipinski definition) is 2. The van der Waals surface area contributed by atoms with E-state index in [0.717, 1.165) is 12.8 Å². The maximum atomic E-state index is 11.9. The predicted octanol–water partition coefficient (Wildman–Crippen LogP) is 3.35. The number of rotatable bonds is 8. The zero-order chi connectivity index (χ0) is 15.0. The highest BCUT2D eigenvalue weighted by molar-refractivity contribution is 6.33. The Bertz CT molecular complexity index is 462. The minimum atomic E-state index is -0.774. The number of carboxylic acid groups (broad SMARTS) is 1. The molecule has 0 aliphatic rings. The maximum Gasteiger partial charge on any atom is 0.303 e. The van der Waals surface area contributed by atoms with Crippen molar-refractivity contribution in [3.05, 3.63) is 34.9 Å². The van der Waals surface area contributed by atoms with Gasteiger partial charge in [-0.2, -0.15) is 0 Å². The Morgan fingerprint density at radius 1 is 1.30 bits per heavy atom. The molecule has 0 saturated carbocycles. The van der Waals surface area contributed by atoms with E-state index in [4.69, 9.17) is 16.7 Å². The van der Waals surface area contributed by atoms with Crippen molar-refractivity contribution in [3.8, 4) is 0 Å². The van der Waals surface area contributed by atoms with Gasteiger partial charge < -0.3 is 10.4 Å². The van der Waals surface area contributed by atoms with Crippen LogP contribution in [0.5, 0.6) is 0 Å². The van der Waals surface area contributed by atoms with Crippen molar-refractivity contribution in [3.63, 3.8) is 0 Å². The molecule has 1 aromatic carbocycles. The summed E-state index contributed by atoms with van der Waals surface area (Å²) < 4.78 is 0. The highest BCUT2D eigenvalue weighted by Crippen LogP contribution is 2.16. The van der Waals surface area contributed by atoms with E-state index in [2.05, 4.69) is 5.32 Å². The lowest BCUT2D eigenvalue weighted by molar-refractivity contribution is -0.137. The predicted molar refractivity (Wildman–Crippen MR) is 79.1 cm³/mol. The molecule has 1 unspecified atom stereocenters. The molecule has 0 aliphatic carbocycles. The molecule has 110 valence electrons. The number of amides is 1. The molecule has 0 bridgehead atoms. The summed E-state index contributed by atoms with van der Waals surface area (Å²) in [5.74, 6) is -0.648. The molecule has 20 heavy (non-hydrogen) atoms. The van der Waals surface area contributed by atoms with Gasteiger partial charge in [0.05, 0.1) is 10.6 Å². The molecule has 0 radical (unpaired) electrons. The normalized spacial score (nSPS) is 11.9. The van der Waals surface area contributed by atoms with E-state index in [-0.39, 0.29) is 12.3 Å². The first kappa shape index (κ1) is 16.5. The molecular weight excluding hydrogens is 278 g/mol. The van der Waals surface area contributed by atoms with Gasteiger partial charge in [-0.3, -0.25) is 9.59 Å². The van der Waals surface area contributed by atoms with Crippen molar-refractivity contribution in [1.29, 1.82) is 0 Å². The summed E-state index contributed by atoms with van der Waals surface area (Å²) in [5.41, 5.74) is 0.466. The second-order valence-corrected chi connectivity index (χ2v) is 5.14. The second kappa shape index (κ2) is 8.59. The van der Waals surface area contributed by atoms with Crippen molar-refractivity contribution in [2.75, 3.05) is 6.54 Å². The van der Waals surface area contributed by atoms with Gasteiger partial charge in [0.2, 0.25) is 0 Å². The molecule has 1 atom stereocenters. The van der Waals surface area contributed by atoms with Gasteiger partial charge in [0.1, 0.15) is 0 Å². The quantitative estimate of drug-likeness (QED) is 0.773. The SMILES string of the molecule is CCC(CCNC(=O)c1ccccc1Cl)CCC(=O)O. The molecule has 4 nitrogen and oxygen atoms in total. The minimum absolute atomic E-state index is 0.178. The summed E-state index contributed by atoms with van der Waals surface area (Å²) in [6.07, 6.45) is 2.51. The largest absolute Gasteiger partial charge is 0.481 e. The summed E-state index contributed by atoms with van der Waals surface area (Å²) >= 11 is 5.95. The standard InChI is InChI=1S/C15H20ClNO3/c1-2-11(7-8-14(18)19)9-10-17-15(20)12-5-3-4-6-13(12)16/h3-6,11H,2,7-10H2,1H3,(H,17,20)(H,18,19). The van der Waals surface area contributed by atoms with Crippen molar-refractivity contribution in [2.45, 2.75) is 32.6 Å². The third-order valence-electron chi connectivity index (χ3n) is 3.30. The number of hydrogen-bond acceptors (Lipinski definition) is 2. The number of aliphatic carboxylic acids is 1. The van der Waals surface area contributed by atoms with Crippen LogP contribution in [-0.2, 0) is 4.79 Å². The molecule has 0 fully saturated rings. The molecular formula is C15H20ClNO3. The Labute approximate surface area is 124 Å². The second-order valence-electron chi connectivity index (χ2n) is 4.73. The van der Waals surface area contributed by atoms with E-state index in [1.54, 1.807) is 24.3 Å². The molecule has 1 amide bonds. The van der Waals surface area contributed by atoms with Crippen molar-refractivity contribution < 1.29 is 14.7 Å². The maximum absolute atomic E-state index is 11.9. The van der Waals surface area contributed by atoms with Gasteiger partial charge in [-0.15, -0.1) is 0 Å². The molecule has 0 heterocycles. The average molecular weight is 298 g/mol. The summed E-state index contributed by atoms with van der Waals surface area (Å²) in [4.78, 5) is 22.5. The van der Waals surface area contributed by atoms with Crippen LogP contribution >= 0.6 is 11.6 Å². The van der Waals surface area contributed by atoms with Crippen LogP contribution in [0.2, 0.25) is 5.02 Å². The lowest BCUT2D eigenvalue weighted by Crippen LogP contribution is -2.26. The summed E-state index contributed by atoms with van der Waals surface area (Å²) in [6.45, 7) is 2.56. The van der Waals surface area contributed by atoms with Crippen LogP contribution in [0.3, 0.4) is 0 Å². The number of carbonyl (C=O) groups is 2. The monoisotopic (exact) mass is 297 g/mol. The first-order valence-electron chi connectivity index (χ1n) is 6.79. The number of carboxylic acids is 1. The Morgan fingerprint density at radius 2 is 2.00 bits per heavy atom. The third-order valence-corrected chi connectivity index (χ3v) is 3.63. The Balaban J connectivity index is 2.37. The topological polar surface area (TPSA) is 66.4 Å². The molecule has 1 aromatic rings. The average Bonchev–Trinajstić information content (AvgIpc) is 2.42. The van der Waals surface area contributed by atoms with Gasteiger partial charge in [0, 0.05) is 13.0 Å². The summed E-state index contributed by atoms with van der Waals surface area (Å²) in [6, 6.07) is 6.90. The molecule has 2 N–H and O–H groups in total. The first-order valence-corrected chi connectivity index (χ1v) is 7.17. The minimum Gasteiger partial charge on any atom is -0.481 e. The Kier molecular flexibility index (Phi) is 7.09. The zero-order valence-corrected chi connectivity index (χ0v) is 12.3. The van der Waals surface area contributed by atoms with E-state index in [9.17, 15) is 9.59 Å². The van der Waals surface area contributed by atoms with Crippen LogP contribution in [0.15, 0.2) is 24.3 Å². The van der Waals surface area contributed by atoms with E-state index in [0.29, 0.717) is 29.5 Å². The fourth-order valence-corrected chi connectivity index (χ4v) is 2.23. The lowest BCUT2D eigenvalue weighted by atomic mass is 9.96. The Morgan fingerprint density at radius 3 is 2.60 bits per heavy atom. The van der Waals surface area contributed by atoms with Gasteiger partial charge in [0.15, 0.2) is 0 Å². The highest BCUT2D eigenvalue weighted by Gasteiger charge is 2.11. The van der Waals surface area contributed by atoms with Crippen LogP contribution in [-0.4, -0.2) is 23.5 Å². The Hall–Kier alpha value is -1.55. The number of benzene rings is 1. The van der Waals surface area contributed by atoms with E-state index in [1.165, 1.54) is 0 Å².